The number of benzene rings is 3. The van der Waals surface area contributed by atoms with Crippen LogP contribution in [0.2, 0.25) is 0 Å². The zero-order chi connectivity index (χ0) is 48.8. The Balaban J connectivity index is 1.04. The Bertz CT molecular complexity index is 3090. The maximum Gasteiger partial charge on any atom is 0.343 e. The van der Waals surface area contributed by atoms with Crippen molar-refractivity contribution < 1.29 is 53.4 Å². The van der Waals surface area contributed by atoms with Crippen LogP contribution in [0.25, 0.3) is 27.7 Å². The summed E-state index contributed by atoms with van der Waals surface area (Å²) in [5, 5.41) is 49.6. The Labute approximate surface area is 409 Å². The highest BCUT2D eigenvalue weighted by molar-refractivity contribution is 8.76. The van der Waals surface area contributed by atoms with E-state index in [-0.39, 0.29) is 69.8 Å². The van der Waals surface area contributed by atoms with Crippen LogP contribution in [0.3, 0.4) is 0 Å². The van der Waals surface area contributed by atoms with Gasteiger partial charge in [-0.3, -0.25) is 14.4 Å². The average Bonchev–Trinajstić information content (AvgIpc) is 3.88. The van der Waals surface area contributed by atoms with E-state index < -0.39 is 64.6 Å². The Morgan fingerprint density at radius 3 is 2.61 bits per heavy atom. The molecule has 9 unspecified atom stereocenters. The molecule has 0 saturated carbocycles. The number of aliphatic carboxylic acids is 1. The molecule has 4 bridgehead atoms. The minimum absolute atomic E-state index is 0.00101. The Kier molecular flexibility index (Phi) is 12.9. The molecule has 4 heterocycles. The second-order valence-corrected chi connectivity index (χ2v) is 20.6. The summed E-state index contributed by atoms with van der Waals surface area (Å²) in [7, 11) is 2.74. The number of hydrogen-bond acceptors (Lipinski definition) is 14. The Hall–Kier alpha value is -6.36. The van der Waals surface area contributed by atoms with Crippen molar-refractivity contribution in [3.05, 3.63) is 148 Å². The van der Waals surface area contributed by atoms with Gasteiger partial charge in [0.15, 0.2) is 17.0 Å². The number of rotatable bonds is 7. The van der Waals surface area contributed by atoms with Crippen LogP contribution in [0.15, 0.2) is 125 Å². The van der Waals surface area contributed by atoms with E-state index in [0.717, 1.165) is 36.1 Å². The van der Waals surface area contributed by atoms with Crippen molar-refractivity contribution in [3.63, 3.8) is 0 Å². The molecule has 9 atom stereocenters. The lowest BCUT2D eigenvalue weighted by Gasteiger charge is -2.59. The summed E-state index contributed by atoms with van der Waals surface area (Å²) in [6.07, 6.45) is 11.0. The van der Waals surface area contributed by atoms with Crippen molar-refractivity contribution >= 4 is 55.8 Å². The molecule has 4 aliphatic carbocycles. The number of aliphatic hydroxyl groups excluding tert-OH is 1. The number of amides is 1. The minimum atomic E-state index is -2.67. The summed E-state index contributed by atoms with van der Waals surface area (Å²) in [5.41, 5.74) is 1.75. The number of H-pyrrole nitrogens is 1. The van der Waals surface area contributed by atoms with Gasteiger partial charge in [-0.15, -0.1) is 11.8 Å². The standard InChI is InChI=1S/C53H49N3O12S2/c54-47(60)46-44(33-14-16-35(57)17-15-33)45(59)39-19-18-36(24-42(39)67-46)66-50-52(64)28-56-26-40(31-7-3-1-2-6-30-10-12-32(13-11-31)38-9-5-4-8-37(30)38)41(34-21-23-55-25-34)27-69-70-29-65-53(52)43(58)20-22-51(68-50,48(53)61)49(62)63/h4-5,8-10,12-25,30-31,40-41,48,50,55-57,61,64H,2,6-7,11,26-29H2,(H2,54,60)(H,62,63). The molecule has 2 fully saturated rings. The van der Waals surface area contributed by atoms with E-state index in [0.29, 0.717) is 18.6 Å². The zero-order valence-corrected chi connectivity index (χ0v) is 39.2. The molecule has 6 aliphatic rings. The van der Waals surface area contributed by atoms with Gasteiger partial charge in [-0.05, 0) is 107 Å². The fraction of sp³-hybridized carbons (Fsp3) is 0.321. The first-order chi connectivity index (χ1) is 33.8. The topological polar surface area (TPSA) is 244 Å². The number of hydrogen-bond donors (Lipinski definition) is 7. The molecule has 0 radical (unpaired) electrons. The van der Waals surface area contributed by atoms with Gasteiger partial charge in [0.25, 0.3) is 5.91 Å². The summed E-state index contributed by atoms with van der Waals surface area (Å²) in [5.74, 6) is 3.00. The molecule has 70 heavy (non-hydrogen) atoms. The quantitative estimate of drug-likeness (QED) is 0.0688. The molecular weight excluding hydrogens is 935 g/mol. The summed E-state index contributed by atoms with van der Waals surface area (Å²) in [6.45, 7) is -0.263. The van der Waals surface area contributed by atoms with Crippen LogP contribution in [0.4, 0.5) is 0 Å². The lowest BCUT2D eigenvalue weighted by atomic mass is 9.63. The van der Waals surface area contributed by atoms with Gasteiger partial charge in [-0.25, -0.2) is 4.79 Å². The molecule has 17 heteroatoms. The number of fused-ring (bicyclic) bond motifs is 8. The number of aromatic hydroxyl groups is 1. The van der Waals surface area contributed by atoms with Gasteiger partial charge in [0.05, 0.1) is 10.9 Å². The van der Waals surface area contributed by atoms with Gasteiger partial charge >= 0.3 is 5.97 Å². The number of aromatic nitrogens is 1. The number of nitrogens with one attached hydrogen (secondary N) is 2. The number of carboxylic acid groups (broad SMARTS) is 1. The van der Waals surface area contributed by atoms with E-state index >= 15 is 0 Å². The smallest absolute Gasteiger partial charge is 0.343 e. The van der Waals surface area contributed by atoms with E-state index in [2.05, 4.69) is 64.6 Å². The van der Waals surface area contributed by atoms with Crippen LogP contribution in [-0.2, 0) is 19.1 Å². The third-order valence-electron chi connectivity index (χ3n) is 14.3. The predicted molar refractivity (Wildman–Crippen MR) is 264 cm³/mol. The molecule has 2 saturated heterocycles. The molecule has 8 N–H and O–H groups in total. The van der Waals surface area contributed by atoms with Gasteiger partial charge in [0, 0.05) is 49.5 Å². The fourth-order valence-corrected chi connectivity index (χ4v) is 12.7. The number of phenolic OH excluding ortho intramolecular Hbond substituents is 1. The minimum Gasteiger partial charge on any atom is -0.508 e. The molecule has 5 aromatic rings. The summed E-state index contributed by atoms with van der Waals surface area (Å²) < 4.78 is 24.9. The van der Waals surface area contributed by atoms with E-state index in [9.17, 15) is 39.6 Å². The van der Waals surface area contributed by atoms with Crippen molar-refractivity contribution in [2.45, 2.75) is 66.7 Å². The molecule has 1 amide bonds. The van der Waals surface area contributed by atoms with Gasteiger partial charge in [0.2, 0.25) is 23.1 Å². The lowest BCUT2D eigenvalue weighted by Crippen LogP contribution is -2.85. The summed E-state index contributed by atoms with van der Waals surface area (Å²) in [6, 6.07) is 20.0. The molecule has 2 aliphatic heterocycles. The van der Waals surface area contributed by atoms with Crippen molar-refractivity contribution in [1.82, 2.24) is 10.3 Å². The molecule has 11 rings (SSSR count). The number of carbonyl (C=O) groups excluding carboxylic acids is 2. The highest BCUT2D eigenvalue weighted by Gasteiger charge is 2.77. The third kappa shape index (κ3) is 8.16. The maximum absolute atomic E-state index is 14.5. The number of ether oxygens (including phenoxy) is 3. The fourth-order valence-electron chi connectivity index (χ4n) is 10.6. The lowest BCUT2D eigenvalue weighted by molar-refractivity contribution is -0.360. The number of phenols is 1. The molecule has 15 nitrogen and oxygen atoms in total. The average molecular weight is 984 g/mol. The first kappa shape index (κ1) is 47.3. The molecule has 1 spiro atoms. The van der Waals surface area contributed by atoms with E-state index in [1.807, 2.05) is 18.5 Å². The summed E-state index contributed by atoms with van der Waals surface area (Å²) >= 11 is 0. The third-order valence-corrected chi connectivity index (χ3v) is 16.4. The van der Waals surface area contributed by atoms with Crippen LogP contribution in [0.1, 0.15) is 64.8 Å². The van der Waals surface area contributed by atoms with Crippen LogP contribution in [-0.4, -0.2) is 97.0 Å². The second kappa shape index (κ2) is 19.1. The number of carboxylic acids is 1. The van der Waals surface area contributed by atoms with E-state index in [4.69, 9.17) is 24.4 Å². The zero-order valence-electron chi connectivity index (χ0n) is 37.5. The van der Waals surface area contributed by atoms with Crippen molar-refractivity contribution in [2.24, 2.45) is 17.6 Å². The number of nitrogens with two attached hydrogens (primary N) is 1. The van der Waals surface area contributed by atoms with E-state index in [1.165, 1.54) is 75.2 Å². The second-order valence-electron chi connectivity index (χ2n) is 18.1. The van der Waals surface area contributed by atoms with Crippen molar-refractivity contribution in [2.75, 3.05) is 24.8 Å². The number of β-amino-alcohol motifs (C(OH)–C–C–N with tert-alkyl or cyclic N) is 1. The maximum atomic E-state index is 14.5. The normalized spacial score (nSPS) is 29.9. The number of ketones is 1. The number of primary amides is 1. The van der Waals surface area contributed by atoms with Gasteiger partial charge < -0.3 is 55.1 Å². The molecule has 360 valence electrons. The van der Waals surface area contributed by atoms with Gasteiger partial charge in [-0.2, -0.15) is 0 Å². The highest BCUT2D eigenvalue weighted by Crippen LogP contribution is 2.51. The first-order valence-electron chi connectivity index (χ1n) is 22.9. The Morgan fingerprint density at radius 1 is 1.00 bits per heavy atom. The van der Waals surface area contributed by atoms with Gasteiger partial charge in [0.1, 0.15) is 29.1 Å². The monoisotopic (exact) mass is 983 g/mol. The number of carbonyl (C=O) groups is 3. The van der Waals surface area contributed by atoms with Crippen LogP contribution >= 0.6 is 21.6 Å². The van der Waals surface area contributed by atoms with Crippen molar-refractivity contribution in [3.8, 4) is 34.5 Å². The SMILES string of the molecule is NC(=O)c1oc2cc(OC3OC4(C(=O)O)C=CC(=O)C5(OCSSCC(c6cc[nH]c6)C(C6CC#CCCC7C=CC(=CC6)c6ccccc67)CNCC35O)C4O)ccc2c(=O)c1-c1ccc(O)cc1. The number of aliphatic hydroxyl groups is 2. The Morgan fingerprint density at radius 2 is 1.83 bits per heavy atom. The number of aromatic amines is 1. The number of allylic oxidation sites excluding steroid dienone is 4. The van der Waals surface area contributed by atoms with E-state index in [1.54, 1.807) is 0 Å². The highest BCUT2D eigenvalue weighted by atomic mass is 33.1. The summed E-state index contributed by atoms with van der Waals surface area (Å²) in [4.78, 5) is 57.7. The van der Waals surface area contributed by atoms with Crippen LogP contribution in [0, 0.1) is 23.7 Å². The predicted octanol–water partition coefficient (Wildman–Crippen LogP) is 6.41. The van der Waals surface area contributed by atoms with Gasteiger partial charge in [-0.1, -0.05) is 76.2 Å². The largest absolute Gasteiger partial charge is 0.508 e. The molecule has 2 aromatic heterocycles. The first-order valence-corrected chi connectivity index (χ1v) is 25.4. The molecule has 3 aromatic carbocycles. The van der Waals surface area contributed by atoms with Crippen LogP contribution < -0.4 is 21.2 Å². The van der Waals surface area contributed by atoms with Crippen molar-refractivity contribution in [1.29, 1.82) is 0 Å². The molecular formula is C53H49N3O12S2. The van der Waals surface area contributed by atoms with Crippen LogP contribution in [0.5, 0.6) is 11.5 Å².